The van der Waals surface area contributed by atoms with Crippen LogP contribution >= 0.6 is 11.6 Å². The summed E-state index contributed by atoms with van der Waals surface area (Å²) >= 11 is 5.54. The van der Waals surface area contributed by atoms with Crippen LogP contribution in [-0.4, -0.2) is 31.5 Å². The van der Waals surface area contributed by atoms with Crippen LogP contribution in [0.25, 0.3) is 0 Å². The zero-order valence-electron chi connectivity index (χ0n) is 7.36. The molecule has 0 bridgehead atoms. The summed E-state index contributed by atoms with van der Waals surface area (Å²) in [5.74, 6) is 0.357. The molecular formula is C6H10ClN5O. The molecule has 0 spiro atoms. The van der Waals surface area contributed by atoms with Crippen molar-refractivity contribution < 1.29 is 4.79 Å². The van der Waals surface area contributed by atoms with Crippen LogP contribution in [-0.2, 0) is 18.4 Å². The summed E-state index contributed by atoms with van der Waals surface area (Å²) in [5, 5.41) is 12.8. The minimum Gasteiger partial charge on any atom is -0.347 e. The highest BCUT2D eigenvalue weighted by Gasteiger charge is 2.09. The van der Waals surface area contributed by atoms with Gasteiger partial charge in [-0.2, -0.15) is 0 Å². The van der Waals surface area contributed by atoms with E-state index in [0.717, 1.165) is 0 Å². The molecule has 1 unspecified atom stereocenters. The first-order chi connectivity index (χ1) is 6.11. The third kappa shape index (κ3) is 2.66. The normalized spacial score (nSPS) is 12.5. The van der Waals surface area contributed by atoms with Gasteiger partial charge in [-0.05, 0) is 17.4 Å². The molecule has 1 heterocycles. The fourth-order valence-electron chi connectivity index (χ4n) is 0.705. The van der Waals surface area contributed by atoms with E-state index in [1.807, 2.05) is 0 Å². The standard InChI is InChI=1S/C6H10ClN5O/c1-4(7)6(13)8-3-5-9-10-11-12(5)2/h4H,3H2,1-2H3,(H,8,13). The molecule has 1 rings (SSSR count). The van der Waals surface area contributed by atoms with Gasteiger partial charge in [0.05, 0.1) is 6.54 Å². The van der Waals surface area contributed by atoms with Crippen LogP contribution in [0.15, 0.2) is 0 Å². The van der Waals surface area contributed by atoms with E-state index in [0.29, 0.717) is 12.4 Å². The zero-order chi connectivity index (χ0) is 9.84. The Morgan fingerprint density at radius 3 is 2.92 bits per heavy atom. The zero-order valence-corrected chi connectivity index (χ0v) is 8.12. The molecule has 13 heavy (non-hydrogen) atoms. The van der Waals surface area contributed by atoms with Crippen molar-refractivity contribution in [3.05, 3.63) is 5.82 Å². The molecule has 0 aliphatic heterocycles. The first-order valence-corrected chi connectivity index (χ1v) is 4.18. The summed E-state index contributed by atoms with van der Waals surface area (Å²) in [7, 11) is 1.70. The van der Waals surface area contributed by atoms with Gasteiger partial charge in [0, 0.05) is 7.05 Å². The molecule has 72 valence electrons. The minimum atomic E-state index is -0.541. The molecular weight excluding hydrogens is 194 g/mol. The van der Waals surface area contributed by atoms with Crippen molar-refractivity contribution in [3.63, 3.8) is 0 Å². The van der Waals surface area contributed by atoms with Crippen LogP contribution in [0.2, 0.25) is 0 Å². The first-order valence-electron chi connectivity index (χ1n) is 3.74. The molecule has 1 atom stereocenters. The smallest absolute Gasteiger partial charge is 0.238 e. The number of halogens is 1. The van der Waals surface area contributed by atoms with Crippen molar-refractivity contribution >= 4 is 17.5 Å². The molecule has 7 heteroatoms. The van der Waals surface area contributed by atoms with Crippen molar-refractivity contribution in [2.45, 2.75) is 18.8 Å². The Kier molecular flexibility index (Phi) is 3.18. The van der Waals surface area contributed by atoms with Crippen LogP contribution in [0, 0.1) is 0 Å². The predicted octanol–water partition coefficient (Wildman–Crippen LogP) is -0.546. The minimum absolute atomic E-state index is 0.232. The van der Waals surface area contributed by atoms with Crippen molar-refractivity contribution in [2.75, 3.05) is 0 Å². The van der Waals surface area contributed by atoms with Gasteiger partial charge >= 0.3 is 0 Å². The lowest BCUT2D eigenvalue weighted by Crippen LogP contribution is -2.30. The quantitative estimate of drug-likeness (QED) is 0.670. The van der Waals surface area contributed by atoms with Gasteiger partial charge in [0.1, 0.15) is 5.38 Å². The highest BCUT2D eigenvalue weighted by molar-refractivity contribution is 6.30. The van der Waals surface area contributed by atoms with Gasteiger partial charge in [0.25, 0.3) is 0 Å². The van der Waals surface area contributed by atoms with Gasteiger partial charge in [0.2, 0.25) is 5.91 Å². The molecule has 0 aromatic carbocycles. The summed E-state index contributed by atoms with van der Waals surface area (Å²) in [4.78, 5) is 11.0. The maximum absolute atomic E-state index is 11.0. The van der Waals surface area contributed by atoms with Gasteiger partial charge < -0.3 is 5.32 Å². The topological polar surface area (TPSA) is 72.7 Å². The number of rotatable bonds is 3. The molecule has 6 nitrogen and oxygen atoms in total. The van der Waals surface area contributed by atoms with Gasteiger partial charge in [-0.3, -0.25) is 4.79 Å². The lowest BCUT2D eigenvalue weighted by Gasteiger charge is -2.04. The van der Waals surface area contributed by atoms with E-state index in [1.165, 1.54) is 4.68 Å². The number of amides is 1. The van der Waals surface area contributed by atoms with E-state index < -0.39 is 5.38 Å². The van der Waals surface area contributed by atoms with E-state index in [4.69, 9.17) is 11.6 Å². The number of tetrazole rings is 1. The lowest BCUT2D eigenvalue weighted by molar-refractivity contribution is -0.120. The Morgan fingerprint density at radius 2 is 2.46 bits per heavy atom. The third-order valence-corrected chi connectivity index (χ3v) is 1.69. The van der Waals surface area contributed by atoms with Crippen LogP contribution in [0.1, 0.15) is 12.7 Å². The number of aryl methyl sites for hydroxylation is 1. The summed E-state index contributed by atoms with van der Waals surface area (Å²) in [5.41, 5.74) is 0. The molecule has 1 aromatic rings. The number of carbonyl (C=O) groups excluding carboxylic acids is 1. The van der Waals surface area contributed by atoms with Gasteiger partial charge in [-0.1, -0.05) is 0 Å². The molecule has 0 saturated carbocycles. The Labute approximate surface area is 80.3 Å². The highest BCUT2D eigenvalue weighted by atomic mass is 35.5. The van der Waals surface area contributed by atoms with Gasteiger partial charge in [0.15, 0.2) is 5.82 Å². The second-order valence-electron chi connectivity index (χ2n) is 2.55. The highest BCUT2D eigenvalue weighted by Crippen LogP contribution is 1.94. The first kappa shape index (κ1) is 9.91. The summed E-state index contributed by atoms with van der Waals surface area (Å²) in [6.45, 7) is 1.89. The van der Waals surface area contributed by atoms with Crippen molar-refractivity contribution in [3.8, 4) is 0 Å². The number of hydrogen-bond acceptors (Lipinski definition) is 4. The second kappa shape index (κ2) is 4.18. The second-order valence-corrected chi connectivity index (χ2v) is 3.21. The Hall–Kier alpha value is -1.17. The molecule has 1 N–H and O–H groups in total. The molecule has 0 saturated heterocycles. The largest absolute Gasteiger partial charge is 0.347 e. The maximum atomic E-state index is 11.0. The van der Waals surface area contributed by atoms with Crippen molar-refractivity contribution in [1.82, 2.24) is 25.5 Å². The van der Waals surface area contributed by atoms with Gasteiger partial charge in [-0.25, -0.2) is 4.68 Å². The Morgan fingerprint density at radius 1 is 1.77 bits per heavy atom. The fraction of sp³-hybridized carbons (Fsp3) is 0.667. The summed E-state index contributed by atoms with van der Waals surface area (Å²) in [6, 6.07) is 0. The summed E-state index contributed by atoms with van der Waals surface area (Å²) in [6.07, 6.45) is 0. The van der Waals surface area contributed by atoms with Crippen LogP contribution in [0.3, 0.4) is 0 Å². The van der Waals surface area contributed by atoms with E-state index in [-0.39, 0.29) is 5.91 Å². The monoisotopic (exact) mass is 203 g/mol. The van der Waals surface area contributed by atoms with Gasteiger partial charge in [-0.15, -0.1) is 16.7 Å². The van der Waals surface area contributed by atoms with Crippen LogP contribution < -0.4 is 5.32 Å². The van der Waals surface area contributed by atoms with E-state index in [9.17, 15) is 4.79 Å². The lowest BCUT2D eigenvalue weighted by atomic mass is 10.4. The predicted molar refractivity (Wildman–Crippen MR) is 46.0 cm³/mol. The van der Waals surface area contributed by atoms with Crippen molar-refractivity contribution in [2.24, 2.45) is 7.05 Å². The molecule has 0 fully saturated rings. The number of alkyl halides is 1. The van der Waals surface area contributed by atoms with E-state index in [1.54, 1.807) is 14.0 Å². The summed E-state index contributed by atoms with van der Waals surface area (Å²) < 4.78 is 1.49. The maximum Gasteiger partial charge on any atom is 0.238 e. The van der Waals surface area contributed by atoms with Crippen molar-refractivity contribution in [1.29, 1.82) is 0 Å². The number of hydrogen-bond donors (Lipinski definition) is 1. The Bertz CT molecular complexity index is 297. The average Bonchev–Trinajstić information content (AvgIpc) is 2.47. The number of aromatic nitrogens is 4. The molecule has 1 aromatic heterocycles. The Balaban J connectivity index is 2.44. The number of nitrogens with zero attached hydrogens (tertiary/aromatic N) is 4. The van der Waals surface area contributed by atoms with Crippen LogP contribution in [0.4, 0.5) is 0 Å². The SMILES string of the molecule is CC(Cl)C(=O)NCc1nnnn1C. The number of carbonyl (C=O) groups is 1. The third-order valence-electron chi connectivity index (χ3n) is 1.49. The molecule has 0 aliphatic carbocycles. The molecule has 0 radical (unpaired) electrons. The molecule has 0 aliphatic rings. The number of nitrogens with one attached hydrogen (secondary N) is 1. The average molecular weight is 204 g/mol. The van der Waals surface area contributed by atoms with E-state index in [2.05, 4.69) is 20.8 Å². The fourth-order valence-corrected chi connectivity index (χ4v) is 0.782. The van der Waals surface area contributed by atoms with E-state index >= 15 is 0 Å². The molecule has 1 amide bonds. The van der Waals surface area contributed by atoms with Crippen LogP contribution in [0.5, 0.6) is 0 Å².